The van der Waals surface area contributed by atoms with Gasteiger partial charge in [0, 0.05) is 26.4 Å². The summed E-state index contributed by atoms with van der Waals surface area (Å²) in [6.07, 6.45) is 4.10. The molecule has 3 heterocycles. The number of aryl methyl sites for hydroxylation is 1. The Bertz CT molecular complexity index is 1060. The number of ether oxygens (including phenoxy) is 1. The SMILES string of the molecule is COCCN1CCC(c2cncc(F)c2)C1.Cc1nn(-c2ccccc2)c(NC(N)=O)c1Br. The number of aromatic nitrogens is 3. The number of benzene rings is 1. The van der Waals surface area contributed by atoms with E-state index in [1.807, 2.05) is 37.3 Å². The van der Waals surface area contributed by atoms with Crippen LogP contribution in [0.15, 0.2) is 53.3 Å². The molecule has 1 aliphatic heterocycles. The van der Waals surface area contributed by atoms with Crippen LogP contribution >= 0.6 is 15.9 Å². The Morgan fingerprint density at radius 2 is 2.09 bits per heavy atom. The normalized spacial score (nSPS) is 15.7. The first-order chi connectivity index (χ1) is 15.9. The van der Waals surface area contributed by atoms with Gasteiger partial charge in [-0.1, -0.05) is 18.2 Å². The highest BCUT2D eigenvalue weighted by molar-refractivity contribution is 9.10. The van der Waals surface area contributed by atoms with Gasteiger partial charge >= 0.3 is 6.03 Å². The molecule has 0 radical (unpaired) electrons. The molecule has 1 aliphatic rings. The Morgan fingerprint density at radius 3 is 2.76 bits per heavy atom. The number of para-hydroxylation sites is 1. The second-order valence-electron chi connectivity index (χ2n) is 7.70. The number of methoxy groups -OCH3 is 1. The van der Waals surface area contributed by atoms with Crippen LogP contribution in [0, 0.1) is 12.7 Å². The summed E-state index contributed by atoms with van der Waals surface area (Å²) in [6, 6.07) is 10.5. The zero-order valence-corrected chi connectivity index (χ0v) is 20.3. The molecular weight excluding hydrogens is 491 g/mol. The third-order valence-electron chi connectivity index (χ3n) is 5.31. The number of likely N-dealkylation sites (tertiary alicyclic amines) is 1. The van der Waals surface area contributed by atoms with Gasteiger partial charge in [-0.3, -0.25) is 10.3 Å². The molecule has 1 unspecified atom stereocenters. The summed E-state index contributed by atoms with van der Waals surface area (Å²) in [5.41, 5.74) is 7.78. The molecule has 0 spiro atoms. The number of hydrogen-bond donors (Lipinski definition) is 2. The first-order valence-corrected chi connectivity index (χ1v) is 11.4. The van der Waals surface area contributed by atoms with Crippen molar-refractivity contribution in [2.75, 3.05) is 38.7 Å². The first-order valence-electron chi connectivity index (χ1n) is 10.6. The number of pyridine rings is 1. The van der Waals surface area contributed by atoms with Crippen molar-refractivity contribution < 1.29 is 13.9 Å². The molecule has 3 aromatic rings. The second kappa shape index (κ2) is 11.9. The highest BCUT2D eigenvalue weighted by Crippen LogP contribution is 2.28. The summed E-state index contributed by atoms with van der Waals surface area (Å²) in [4.78, 5) is 17.2. The Balaban J connectivity index is 0.000000186. The number of anilines is 1. The number of halogens is 2. The lowest BCUT2D eigenvalue weighted by Crippen LogP contribution is -2.24. The van der Waals surface area contributed by atoms with Crippen LogP contribution in [-0.4, -0.2) is 59.0 Å². The number of nitrogens with one attached hydrogen (secondary N) is 1. The Morgan fingerprint density at radius 1 is 1.33 bits per heavy atom. The number of carbonyl (C=O) groups excluding carboxylic acids is 1. The maximum Gasteiger partial charge on any atom is 0.317 e. The van der Waals surface area contributed by atoms with E-state index < -0.39 is 6.03 Å². The van der Waals surface area contributed by atoms with Crippen LogP contribution in [0.4, 0.5) is 15.0 Å². The highest BCUT2D eigenvalue weighted by Gasteiger charge is 2.23. The minimum Gasteiger partial charge on any atom is -0.383 e. The molecule has 176 valence electrons. The summed E-state index contributed by atoms with van der Waals surface area (Å²) in [6.45, 7) is 5.60. The molecule has 8 nitrogen and oxygen atoms in total. The average molecular weight is 519 g/mol. The van der Waals surface area contributed by atoms with Crippen LogP contribution in [-0.2, 0) is 4.74 Å². The second-order valence-corrected chi connectivity index (χ2v) is 8.49. The lowest BCUT2D eigenvalue weighted by Gasteiger charge is -2.15. The third-order valence-corrected chi connectivity index (χ3v) is 6.26. The number of carbonyl (C=O) groups is 1. The zero-order chi connectivity index (χ0) is 23.8. The van der Waals surface area contributed by atoms with Crippen molar-refractivity contribution in [2.45, 2.75) is 19.3 Å². The van der Waals surface area contributed by atoms with Gasteiger partial charge in [-0.15, -0.1) is 0 Å². The van der Waals surface area contributed by atoms with Gasteiger partial charge in [0.15, 0.2) is 5.82 Å². The van der Waals surface area contributed by atoms with Crippen molar-refractivity contribution in [1.29, 1.82) is 0 Å². The van der Waals surface area contributed by atoms with Crippen LogP contribution < -0.4 is 11.1 Å². The Hall–Kier alpha value is -2.82. The zero-order valence-electron chi connectivity index (χ0n) is 18.7. The van der Waals surface area contributed by atoms with E-state index in [0.29, 0.717) is 11.7 Å². The van der Waals surface area contributed by atoms with E-state index in [2.05, 4.69) is 36.2 Å². The number of primary amides is 1. The lowest BCUT2D eigenvalue weighted by molar-refractivity contribution is 0.160. The van der Waals surface area contributed by atoms with Gasteiger partial charge < -0.3 is 15.4 Å². The van der Waals surface area contributed by atoms with E-state index in [1.165, 1.54) is 6.20 Å². The summed E-state index contributed by atoms with van der Waals surface area (Å²) in [5, 5.41) is 6.89. The van der Waals surface area contributed by atoms with E-state index in [0.717, 1.165) is 54.1 Å². The standard InChI is InChI=1S/C12H17FN2O.C11H11BrN4O/c1-16-5-4-15-3-2-10(9-15)11-6-12(13)8-14-7-11;1-7-9(12)10(14-11(13)17)16(15-7)8-5-3-2-4-6-8/h6-8,10H,2-5,9H2,1H3;2-6H,1H3,(H3,13,14,17). The van der Waals surface area contributed by atoms with E-state index in [1.54, 1.807) is 24.1 Å². The van der Waals surface area contributed by atoms with Crippen LogP contribution in [0.25, 0.3) is 5.69 Å². The monoisotopic (exact) mass is 518 g/mol. The third kappa shape index (κ3) is 6.83. The van der Waals surface area contributed by atoms with Crippen LogP contribution in [0.1, 0.15) is 23.6 Å². The predicted octanol–water partition coefficient (Wildman–Crippen LogP) is 4.09. The fraction of sp³-hybridized carbons (Fsp3) is 0.348. The minimum absolute atomic E-state index is 0.243. The number of hydrogen-bond acceptors (Lipinski definition) is 5. The molecule has 1 saturated heterocycles. The first kappa shape index (κ1) is 24.8. The van der Waals surface area contributed by atoms with Crippen molar-refractivity contribution in [3.63, 3.8) is 0 Å². The molecule has 0 bridgehead atoms. The number of nitrogens with zero attached hydrogens (tertiary/aromatic N) is 4. The van der Waals surface area contributed by atoms with Gasteiger partial charge in [0.1, 0.15) is 5.82 Å². The van der Waals surface area contributed by atoms with Crippen LogP contribution in [0.2, 0.25) is 0 Å². The van der Waals surface area contributed by atoms with Crippen molar-refractivity contribution in [3.05, 3.63) is 70.3 Å². The molecule has 4 rings (SSSR count). The van der Waals surface area contributed by atoms with Crippen molar-refractivity contribution >= 4 is 27.8 Å². The number of nitrogens with two attached hydrogens (primary N) is 1. The Kier molecular flexibility index (Phi) is 8.93. The van der Waals surface area contributed by atoms with Crippen LogP contribution in [0.3, 0.4) is 0 Å². The average Bonchev–Trinajstić information content (AvgIpc) is 3.39. The molecular formula is C23H28BrFN6O2. The van der Waals surface area contributed by atoms with Gasteiger partial charge in [0.2, 0.25) is 0 Å². The summed E-state index contributed by atoms with van der Waals surface area (Å²) < 4.78 is 20.4. The fourth-order valence-corrected chi connectivity index (χ4v) is 4.01. The van der Waals surface area contributed by atoms with Gasteiger partial charge in [-0.2, -0.15) is 5.10 Å². The number of amides is 2. The van der Waals surface area contributed by atoms with Gasteiger partial charge in [-0.05, 0) is 65.5 Å². The molecule has 33 heavy (non-hydrogen) atoms. The van der Waals surface area contributed by atoms with E-state index >= 15 is 0 Å². The van der Waals surface area contributed by atoms with E-state index in [4.69, 9.17) is 10.5 Å². The fourth-order valence-electron chi connectivity index (χ4n) is 3.67. The van der Waals surface area contributed by atoms with E-state index in [9.17, 15) is 9.18 Å². The maximum atomic E-state index is 13.0. The van der Waals surface area contributed by atoms with Gasteiger partial charge in [0.25, 0.3) is 0 Å². The van der Waals surface area contributed by atoms with Gasteiger partial charge in [0.05, 0.1) is 28.7 Å². The highest BCUT2D eigenvalue weighted by atomic mass is 79.9. The predicted molar refractivity (Wildman–Crippen MR) is 129 cm³/mol. The summed E-state index contributed by atoms with van der Waals surface area (Å²) in [7, 11) is 1.71. The van der Waals surface area contributed by atoms with Crippen molar-refractivity contribution in [1.82, 2.24) is 19.7 Å². The molecule has 0 aliphatic carbocycles. The van der Waals surface area contributed by atoms with E-state index in [-0.39, 0.29) is 5.82 Å². The molecule has 1 aromatic carbocycles. The molecule has 10 heteroatoms. The minimum atomic E-state index is -0.622. The maximum absolute atomic E-state index is 13.0. The largest absolute Gasteiger partial charge is 0.383 e. The Labute approximate surface area is 201 Å². The van der Waals surface area contributed by atoms with Crippen molar-refractivity contribution in [3.8, 4) is 5.69 Å². The summed E-state index contributed by atoms with van der Waals surface area (Å²) >= 11 is 3.37. The summed E-state index contributed by atoms with van der Waals surface area (Å²) in [5.74, 6) is 0.703. The molecule has 1 fully saturated rings. The van der Waals surface area contributed by atoms with Crippen molar-refractivity contribution in [2.24, 2.45) is 5.73 Å². The molecule has 3 N–H and O–H groups in total. The molecule has 2 amide bonds. The molecule has 2 aromatic heterocycles. The van der Waals surface area contributed by atoms with Gasteiger partial charge in [-0.25, -0.2) is 13.9 Å². The quantitative estimate of drug-likeness (QED) is 0.512. The number of urea groups is 1. The smallest absolute Gasteiger partial charge is 0.317 e. The topological polar surface area (TPSA) is 98.3 Å². The lowest BCUT2D eigenvalue weighted by atomic mass is 10.0. The molecule has 0 saturated carbocycles. The number of rotatable bonds is 6. The molecule has 1 atom stereocenters. The van der Waals surface area contributed by atoms with Crippen LogP contribution in [0.5, 0.6) is 0 Å².